The van der Waals surface area contributed by atoms with E-state index in [0.717, 1.165) is 5.57 Å². The van der Waals surface area contributed by atoms with Crippen molar-refractivity contribution in [1.82, 2.24) is 10.6 Å². The highest BCUT2D eigenvalue weighted by Crippen LogP contribution is 2.15. The van der Waals surface area contributed by atoms with Gasteiger partial charge in [0, 0.05) is 24.1 Å². The summed E-state index contributed by atoms with van der Waals surface area (Å²) < 4.78 is 0. The molecule has 0 aromatic carbocycles. The van der Waals surface area contributed by atoms with Gasteiger partial charge in [0.25, 0.3) is 5.91 Å². The van der Waals surface area contributed by atoms with E-state index in [9.17, 15) is 14.4 Å². The average Bonchev–Trinajstić information content (AvgIpc) is 2.55. The first-order valence-electron chi connectivity index (χ1n) is 6.45. The molecule has 6 heteroatoms. The van der Waals surface area contributed by atoms with Gasteiger partial charge < -0.3 is 11.1 Å². The average molecular weight is 275 g/mol. The second-order valence-electron chi connectivity index (χ2n) is 4.89. The van der Waals surface area contributed by atoms with Crippen molar-refractivity contribution < 1.29 is 14.4 Å². The molecule has 0 bridgehead atoms. The lowest BCUT2D eigenvalue weighted by molar-refractivity contribution is -0.136. The maximum absolute atomic E-state index is 12.1. The van der Waals surface area contributed by atoms with Crippen molar-refractivity contribution in [2.45, 2.75) is 32.2 Å². The Bertz CT molecular complexity index is 558. The van der Waals surface area contributed by atoms with Gasteiger partial charge in [-0.15, -0.1) is 0 Å². The van der Waals surface area contributed by atoms with Gasteiger partial charge in [-0.2, -0.15) is 0 Å². The minimum absolute atomic E-state index is 0.234. The predicted octanol–water partition coefficient (Wildman–Crippen LogP) is 0.0268. The molecular weight excluding hydrogens is 258 g/mol. The first-order chi connectivity index (χ1) is 9.47. The number of nitrogens with one attached hydrogen (secondary N) is 2. The molecule has 0 radical (unpaired) electrons. The number of hydrogen-bond donors (Lipinski definition) is 3. The molecule has 0 aromatic heterocycles. The van der Waals surface area contributed by atoms with Crippen molar-refractivity contribution in [3.05, 3.63) is 35.1 Å². The summed E-state index contributed by atoms with van der Waals surface area (Å²) in [5, 5.41) is 4.84. The number of imide groups is 1. The lowest BCUT2D eigenvalue weighted by Gasteiger charge is -2.21. The normalized spacial score (nSPS) is 23.1. The molecule has 0 unspecified atom stereocenters. The number of carbonyl (C=O) groups is 3. The van der Waals surface area contributed by atoms with Gasteiger partial charge in [0.05, 0.1) is 0 Å². The van der Waals surface area contributed by atoms with Crippen molar-refractivity contribution in [2.75, 3.05) is 0 Å². The van der Waals surface area contributed by atoms with E-state index in [2.05, 4.69) is 10.6 Å². The molecule has 2 aliphatic rings. The SMILES string of the molecule is CC1=C(N)CC=CC(C(=O)N[C@@H]2CCC(=O)NC2=O)=C1. The van der Waals surface area contributed by atoms with Crippen LogP contribution >= 0.6 is 0 Å². The maximum Gasteiger partial charge on any atom is 0.251 e. The van der Waals surface area contributed by atoms with E-state index >= 15 is 0 Å². The number of allylic oxidation sites excluding steroid dienone is 3. The Labute approximate surface area is 116 Å². The van der Waals surface area contributed by atoms with Crippen LogP contribution in [0, 0.1) is 0 Å². The van der Waals surface area contributed by atoms with Crippen molar-refractivity contribution in [3.63, 3.8) is 0 Å². The molecule has 1 aliphatic carbocycles. The van der Waals surface area contributed by atoms with Crippen LogP contribution in [0.15, 0.2) is 35.1 Å². The van der Waals surface area contributed by atoms with Crippen molar-refractivity contribution >= 4 is 17.7 Å². The lowest BCUT2D eigenvalue weighted by Crippen LogP contribution is -2.52. The fraction of sp³-hybridized carbons (Fsp3) is 0.357. The van der Waals surface area contributed by atoms with E-state index in [1.165, 1.54) is 0 Å². The summed E-state index contributed by atoms with van der Waals surface area (Å²) in [6.45, 7) is 1.83. The highest BCUT2D eigenvalue weighted by molar-refractivity contribution is 6.04. The molecule has 106 valence electrons. The number of rotatable bonds is 2. The Balaban J connectivity index is 2.07. The van der Waals surface area contributed by atoms with E-state index in [4.69, 9.17) is 5.73 Å². The largest absolute Gasteiger partial charge is 0.402 e. The zero-order valence-corrected chi connectivity index (χ0v) is 11.2. The smallest absolute Gasteiger partial charge is 0.251 e. The van der Waals surface area contributed by atoms with Gasteiger partial charge in [-0.1, -0.05) is 12.2 Å². The molecule has 4 N–H and O–H groups in total. The summed E-state index contributed by atoms with van der Waals surface area (Å²) >= 11 is 0. The van der Waals surface area contributed by atoms with Gasteiger partial charge in [0.2, 0.25) is 11.8 Å². The monoisotopic (exact) mass is 275 g/mol. The Morgan fingerprint density at radius 2 is 2.20 bits per heavy atom. The van der Waals surface area contributed by atoms with Crippen LogP contribution in [0.4, 0.5) is 0 Å². The quantitative estimate of drug-likeness (QED) is 0.619. The molecule has 0 aromatic rings. The fourth-order valence-electron chi connectivity index (χ4n) is 2.06. The highest BCUT2D eigenvalue weighted by atomic mass is 16.2. The third-order valence-electron chi connectivity index (χ3n) is 3.32. The van der Waals surface area contributed by atoms with Gasteiger partial charge in [-0.05, 0) is 25.0 Å². The zero-order chi connectivity index (χ0) is 14.7. The number of amides is 3. The molecule has 1 atom stereocenters. The third-order valence-corrected chi connectivity index (χ3v) is 3.32. The maximum atomic E-state index is 12.1. The summed E-state index contributed by atoms with van der Waals surface area (Å²) in [7, 11) is 0. The number of hydrogen-bond acceptors (Lipinski definition) is 4. The summed E-state index contributed by atoms with van der Waals surface area (Å²) in [5.41, 5.74) is 7.81. The minimum Gasteiger partial charge on any atom is -0.402 e. The van der Waals surface area contributed by atoms with E-state index in [-0.39, 0.29) is 18.2 Å². The van der Waals surface area contributed by atoms with Gasteiger partial charge in [0.15, 0.2) is 0 Å². The van der Waals surface area contributed by atoms with Gasteiger partial charge in [-0.3, -0.25) is 19.7 Å². The Kier molecular flexibility index (Phi) is 4.02. The lowest BCUT2D eigenvalue weighted by atomic mass is 10.1. The van der Waals surface area contributed by atoms with Crippen LogP contribution in [-0.4, -0.2) is 23.8 Å². The van der Waals surface area contributed by atoms with Crippen molar-refractivity contribution in [3.8, 4) is 0 Å². The number of carbonyl (C=O) groups excluding carboxylic acids is 3. The summed E-state index contributed by atoms with van der Waals surface area (Å²) in [4.78, 5) is 34.8. The molecular formula is C14H17N3O3. The molecule has 2 rings (SSSR count). The van der Waals surface area contributed by atoms with Crippen LogP contribution in [0.1, 0.15) is 26.2 Å². The van der Waals surface area contributed by atoms with E-state index in [0.29, 0.717) is 24.1 Å². The van der Waals surface area contributed by atoms with Crippen molar-refractivity contribution in [1.29, 1.82) is 0 Å². The second-order valence-corrected chi connectivity index (χ2v) is 4.89. The first kappa shape index (κ1) is 14.0. The Hall–Kier alpha value is -2.37. The molecule has 0 spiro atoms. The van der Waals surface area contributed by atoms with Crippen LogP contribution in [0.25, 0.3) is 0 Å². The molecule has 1 heterocycles. The summed E-state index contributed by atoms with van der Waals surface area (Å²) in [5.74, 6) is -1.11. The Morgan fingerprint density at radius 3 is 2.90 bits per heavy atom. The molecule has 1 aliphatic heterocycles. The predicted molar refractivity (Wildman–Crippen MR) is 73.0 cm³/mol. The minimum atomic E-state index is -0.667. The fourth-order valence-corrected chi connectivity index (χ4v) is 2.06. The molecule has 6 nitrogen and oxygen atoms in total. The van der Waals surface area contributed by atoms with E-state index in [1.807, 2.05) is 13.0 Å². The highest BCUT2D eigenvalue weighted by Gasteiger charge is 2.28. The molecule has 1 saturated heterocycles. The van der Waals surface area contributed by atoms with Gasteiger partial charge in [-0.25, -0.2) is 0 Å². The summed E-state index contributed by atoms with van der Waals surface area (Å²) in [6, 6.07) is -0.667. The van der Waals surface area contributed by atoms with Crippen LogP contribution in [0.5, 0.6) is 0 Å². The molecule has 20 heavy (non-hydrogen) atoms. The van der Waals surface area contributed by atoms with Crippen LogP contribution in [0.3, 0.4) is 0 Å². The van der Waals surface area contributed by atoms with Gasteiger partial charge >= 0.3 is 0 Å². The molecule has 3 amide bonds. The number of piperidine rings is 1. The molecule has 0 saturated carbocycles. The standard InChI is InChI=1S/C14H17N3O3/c1-8-7-9(3-2-4-10(8)15)13(19)16-11-5-6-12(18)17-14(11)20/h2-3,7,11H,4-6,15H2,1H3,(H,16,19)(H,17,18,20)/t11-/m1/s1. The third kappa shape index (κ3) is 3.14. The second kappa shape index (κ2) is 5.73. The zero-order valence-electron chi connectivity index (χ0n) is 11.2. The van der Waals surface area contributed by atoms with Crippen LogP contribution < -0.4 is 16.4 Å². The first-order valence-corrected chi connectivity index (χ1v) is 6.45. The summed E-state index contributed by atoms with van der Waals surface area (Å²) in [6.07, 6.45) is 6.34. The van der Waals surface area contributed by atoms with E-state index < -0.39 is 11.9 Å². The molecule has 1 fully saturated rings. The Morgan fingerprint density at radius 1 is 1.45 bits per heavy atom. The number of nitrogens with two attached hydrogens (primary N) is 1. The topological polar surface area (TPSA) is 101 Å². The van der Waals surface area contributed by atoms with Crippen LogP contribution in [0.2, 0.25) is 0 Å². The van der Waals surface area contributed by atoms with Crippen LogP contribution in [-0.2, 0) is 14.4 Å². The van der Waals surface area contributed by atoms with E-state index in [1.54, 1.807) is 12.2 Å². The van der Waals surface area contributed by atoms with Crippen molar-refractivity contribution in [2.24, 2.45) is 5.73 Å². The van der Waals surface area contributed by atoms with Gasteiger partial charge in [0.1, 0.15) is 6.04 Å².